The van der Waals surface area contributed by atoms with Gasteiger partial charge in [0.25, 0.3) is 0 Å². The number of methoxy groups -OCH3 is 1. The first-order valence-electron chi connectivity index (χ1n) is 7.05. The lowest BCUT2D eigenvalue weighted by molar-refractivity contribution is -0.150. The van der Waals surface area contributed by atoms with Crippen LogP contribution in [0, 0.1) is 0 Å². The van der Waals surface area contributed by atoms with E-state index in [-0.39, 0.29) is 11.9 Å². The predicted molar refractivity (Wildman–Crippen MR) is 88.4 cm³/mol. The number of aryl methyl sites for hydroxylation is 1. The number of hydrogen-bond acceptors (Lipinski definition) is 4. The lowest BCUT2D eigenvalue weighted by atomic mass is 9.96. The fraction of sp³-hybridized carbons (Fsp3) is 0.600. The van der Waals surface area contributed by atoms with E-state index in [4.69, 9.17) is 4.74 Å². The van der Waals surface area contributed by atoms with Gasteiger partial charge in [0.05, 0.1) is 10.9 Å². The lowest BCUT2D eigenvalue weighted by Crippen LogP contribution is -2.52. The second-order valence-electron chi connectivity index (χ2n) is 5.18. The van der Waals surface area contributed by atoms with Gasteiger partial charge in [-0.15, -0.1) is 11.3 Å². The summed E-state index contributed by atoms with van der Waals surface area (Å²) in [7, 11) is 1.34. The number of thiophene rings is 1. The first kappa shape index (κ1) is 18.2. The Morgan fingerprint density at radius 3 is 2.67 bits per heavy atom. The molecule has 0 aliphatic heterocycles. The number of hydrogen-bond donors (Lipinski definition) is 1. The molecule has 0 aliphatic carbocycles. The van der Waals surface area contributed by atoms with Crippen LogP contribution in [0.15, 0.2) is 15.9 Å². The third-order valence-electron chi connectivity index (χ3n) is 3.26. The third-order valence-corrected chi connectivity index (χ3v) is 4.94. The summed E-state index contributed by atoms with van der Waals surface area (Å²) in [6.45, 7) is 3.69. The molecule has 0 fully saturated rings. The van der Waals surface area contributed by atoms with E-state index in [2.05, 4.69) is 27.3 Å². The Kier molecular flexibility index (Phi) is 7.39. The zero-order valence-corrected chi connectivity index (χ0v) is 15.1. The van der Waals surface area contributed by atoms with E-state index in [0.29, 0.717) is 12.8 Å². The Labute approximate surface area is 138 Å². The molecule has 1 heterocycles. The molecule has 1 N–H and O–H groups in total. The van der Waals surface area contributed by atoms with E-state index < -0.39 is 5.54 Å². The summed E-state index contributed by atoms with van der Waals surface area (Å²) in [5, 5.41) is 2.82. The van der Waals surface area contributed by atoms with Crippen molar-refractivity contribution in [1.29, 1.82) is 0 Å². The molecule has 1 aromatic heterocycles. The third kappa shape index (κ3) is 5.79. The minimum atomic E-state index is -0.924. The molecule has 1 aromatic rings. The highest BCUT2D eigenvalue weighted by atomic mass is 79.9. The van der Waals surface area contributed by atoms with Crippen molar-refractivity contribution in [2.75, 3.05) is 7.11 Å². The Bertz CT molecular complexity index is 489. The molecule has 0 saturated heterocycles. The van der Waals surface area contributed by atoms with Crippen molar-refractivity contribution >= 4 is 39.1 Å². The van der Waals surface area contributed by atoms with Gasteiger partial charge in [-0.1, -0.05) is 13.3 Å². The van der Waals surface area contributed by atoms with E-state index in [1.165, 1.54) is 12.0 Å². The van der Waals surface area contributed by atoms with Gasteiger partial charge in [-0.3, -0.25) is 4.79 Å². The molecule has 0 spiro atoms. The van der Waals surface area contributed by atoms with Gasteiger partial charge in [0.1, 0.15) is 5.54 Å². The largest absolute Gasteiger partial charge is 0.467 e. The van der Waals surface area contributed by atoms with E-state index in [1.807, 2.05) is 13.0 Å². The van der Waals surface area contributed by atoms with Crippen LogP contribution in [-0.2, 0) is 20.7 Å². The molecule has 0 radical (unpaired) electrons. The van der Waals surface area contributed by atoms with Crippen molar-refractivity contribution in [3.63, 3.8) is 0 Å². The normalized spacial score (nSPS) is 13.5. The number of carbonyl (C=O) groups excluding carboxylic acids is 2. The van der Waals surface area contributed by atoms with Crippen LogP contribution in [0.2, 0.25) is 0 Å². The minimum Gasteiger partial charge on any atom is -0.467 e. The molecule has 0 aromatic carbocycles. The van der Waals surface area contributed by atoms with Crippen LogP contribution in [0.3, 0.4) is 0 Å². The standard InChI is InChI=1S/C15H22BrNO3S/c1-4-10-15(2,14(19)20-3)17-13(18)7-5-6-11-8-9-12(16)21-11/h8-9H,4-7,10H2,1-3H3,(H,17,18). The number of amides is 1. The molecule has 118 valence electrons. The van der Waals surface area contributed by atoms with Crippen molar-refractivity contribution in [2.24, 2.45) is 0 Å². The summed E-state index contributed by atoms with van der Waals surface area (Å²) < 4.78 is 5.89. The van der Waals surface area contributed by atoms with Crippen LogP contribution in [-0.4, -0.2) is 24.5 Å². The van der Waals surface area contributed by atoms with Crippen molar-refractivity contribution in [3.05, 3.63) is 20.8 Å². The van der Waals surface area contributed by atoms with Crippen LogP contribution in [0.25, 0.3) is 0 Å². The average molecular weight is 376 g/mol. The SMILES string of the molecule is CCCC(C)(NC(=O)CCCc1ccc(Br)s1)C(=O)OC. The van der Waals surface area contributed by atoms with E-state index in [1.54, 1.807) is 18.3 Å². The van der Waals surface area contributed by atoms with Gasteiger partial charge in [0.2, 0.25) is 5.91 Å². The maximum absolute atomic E-state index is 12.0. The second-order valence-corrected chi connectivity index (χ2v) is 7.73. The van der Waals surface area contributed by atoms with Crippen LogP contribution in [0.5, 0.6) is 0 Å². The van der Waals surface area contributed by atoms with Crippen LogP contribution in [0.1, 0.15) is 44.4 Å². The van der Waals surface area contributed by atoms with E-state index in [0.717, 1.165) is 23.0 Å². The molecule has 1 rings (SSSR count). The molecule has 1 unspecified atom stereocenters. The fourth-order valence-corrected chi connectivity index (χ4v) is 3.75. The van der Waals surface area contributed by atoms with Crippen molar-refractivity contribution in [2.45, 2.75) is 51.5 Å². The molecule has 0 bridgehead atoms. The fourth-order valence-electron chi connectivity index (χ4n) is 2.22. The smallest absolute Gasteiger partial charge is 0.331 e. The zero-order valence-electron chi connectivity index (χ0n) is 12.7. The van der Waals surface area contributed by atoms with Crippen molar-refractivity contribution in [1.82, 2.24) is 5.32 Å². The molecule has 6 heteroatoms. The molecule has 1 atom stereocenters. The summed E-state index contributed by atoms with van der Waals surface area (Å²) in [5.74, 6) is -0.494. The van der Waals surface area contributed by atoms with Gasteiger partial charge in [-0.2, -0.15) is 0 Å². The van der Waals surface area contributed by atoms with Crippen LogP contribution >= 0.6 is 27.3 Å². The van der Waals surface area contributed by atoms with E-state index in [9.17, 15) is 9.59 Å². The molecular formula is C15H22BrNO3S. The van der Waals surface area contributed by atoms with Crippen LogP contribution in [0.4, 0.5) is 0 Å². The first-order chi connectivity index (χ1) is 9.91. The monoisotopic (exact) mass is 375 g/mol. The average Bonchev–Trinajstić information content (AvgIpc) is 2.83. The zero-order chi connectivity index (χ0) is 15.9. The van der Waals surface area contributed by atoms with Gasteiger partial charge in [0, 0.05) is 11.3 Å². The molecule has 21 heavy (non-hydrogen) atoms. The number of nitrogens with one attached hydrogen (secondary N) is 1. The molecule has 4 nitrogen and oxygen atoms in total. The Balaban J connectivity index is 2.45. The maximum atomic E-state index is 12.0. The highest BCUT2D eigenvalue weighted by Gasteiger charge is 2.34. The maximum Gasteiger partial charge on any atom is 0.331 e. The highest BCUT2D eigenvalue weighted by molar-refractivity contribution is 9.11. The number of ether oxygens (including phenoxy) is 1. The van der Waals surface area contributed by atoms with Gasteiger partial charge < -0.3 is 10.1 Å². The number of carbonyl (C=O) groups is 2. The quantitative estimate of drug-likeness (QED) is 0.705. The molecule has 1 amide bonds. The molecular weight excluding hydrogens is 354 g/mol. The summed E-state index contributed by atoms with van der Waals surface area (Å²) in [6, 6.07) is 4.07. The summed E-state index contributed by atoms with van der Waals surface area (Å²) in [4.78, 5) is 25.1. The van der Waals surface area contributed by atoms with Gasteiger partial charge in [0.15, 0.2) is 0 Å². The van der Waals surface area contributed by atoms with Gasteiger partial charge in [-0.05, 0) is 54.2 Å². The number of esters is 1. The van der Waals surface area contributed by atoms with Crippen molar-refractivity contribution < 1.29 is 14.3 Å². The Hall–Kier alpha value is -0.880. The summed E-state index contributed by atoms with van der Waals surface area (Å²) in [5.41, 5.74) is -0.924. The van der Waals surface area contributed by atoms with E-state index >= 15 is 0 Å². The first-order valence-corrected chi connectivity index (χ1v) is 8.66. The summed E-state index contributed by atoms with van der Waals surface area (Å²) >= 11 is 5.10. The lowest BCUT2D eigenvalue weighted by Gasteiger charge is -2.27. The molecule has 0 saturated carbocycles. The Morgan fingerprint density at radius 1 is 1.43 bits per heavy atom. The number of rotatable bonds is 8. The minimum absolute atomic E-state index is 0.105. The predicted octanol–water partition coefficient (Wildman–Crippen LogP) is 3.68. The summed E-state index contributed by atoms with van der Waals surface area (Å²) in [6.07, 6.45) is 3.42. The van der Waals surface area contributed by atoms with Gasteiger partial charge >= 0.3 is 5.97 Å². The highest BCUT2D eigenvalue weighted by Crippen LogP contribution is 2.23. The van der Waals surface area contributed by atoms with Crippen molar-refractivity contribution in [3.8, 4) is 0 Å². The topological polar surface area (TPSA) is 55.4 Å². The molecule has 0 aliphatic rings. The Morgan fingerprint density at radius 2 is 2.14 bits per heavy atom. The van der Waals surface area contributed by atoms with Crippen LogP contribution < -0.4 is 5.32 Å². The second kappa shape index (κ2) is 8.54. The number of halogens is 1. The van der Waals surface area contributed by atoms with Gasteiger partial charge in [-0.25, -0.2) is 4.79 Å².